The molecule has 1 aromatic carbocycles. The lowest BCUT2D eigenvalue weighted by molar-refractivity contribution is -0.185. The number of piperidine rings is 1. The molecule has 1 spiro atoms. The summed E-state index contributed by atoms with van der Waals surface area (Å²) < 4.78 is 22.6. The van der Waals surface area contributed by atoms with E-state index in [1.807, 2.05) is 0 Å². The number of fused-ring (bicyclic) bond motifs is 2. The summed E-state index contributed by atoms with van der Waals surface area (Å²) in [5, 5.41) is 0. The average molecular weight is 360 g/mol. The largest absolute Gasteiger partial charge is 0.486 e. The van der Waals surface area contributed by atoms with Crippen molar-refractivity contribution < 1.29 is 28.5 Å². The highest BCUT2D eigenvalue weighted by atomic mass is 16.7. The zero-order valence-corrected chi connectivity index (χ0v) is 14.4. The molecule has 138 valence electrons. The monoisotopic (exact) mass is 360 g/mol. The average Bonchev–Trinajstić information content (AvgIpc) is 3.21. The molecule has 8 heteroatoms. The van der Waals surface area contributed by atoms with Crippen molar-refractivity contribution in [3.8, 4) is 11.5 Å². The van der Waals surface area contributed by atoms with E-state index in [0.29, 0.717) is 55.8 Å². The number of carbonyl (C=O) groups is 2. The number of Topliss-reactive ketones (excluding diaryl/α,β-unsaturated/α-hetero) is 1. The quantitative estimate of drug-likeness (QED) is 0.722. The van der Waals surface area contributed by atoms with Crippen LogP contribution in [0.15, 0.2) is 12.1 Å². The number of anilines is 1. The number of amides is 1. The number of ketones is 1. The highest BCUT2D eigenvalue weighted by Crippen LogP contribution is 2.41. The fourth-order valence-electron chi connectivity index (χ4n) is 3.99. The molecule has 0 N–H and O–H groups in total. The Labute approximate surface area is 150 Å². The van der Waals surface area contributed by atoms with E-state index in [2.05, 4.69) is 4.90 Å². The number of hydrogen-bond donors (Lipinski definition) is 0. The van der Waals surface area contributed by atoms with E-state index < -0.39 is 17.5 Å². The second-order valence-electron chi connectivity index (χ2n) is 6.94. The Balaban J connectivity index is 1.36. The van der Waals surface area contributed by atoms with Gasteiger partial charge in [0.2, 0.25) is 0 Å². The van der Waals surface area contributed by atoms with Crippen molar-refractivity contribution in [1.82, 2.24) is 4.90 Å². The van der Waals surface area contributed by atoms with Gasteiger partial charge in [-0.3, -0.25) is 19.4 Å². The van der Waals surface area contributed by atoms with Crippen LogP contribution in [0.25, 0.3) is 0 Å². The Morgan fingerprint density at radius 2 is 1.58 bits per heavy atom. The summed E-state index contributed by atoms with van der Waals surface area (Å²) in [6, 6.07) is 3.36. The first-order valence-electron chi connectivity index (χ1n) is 8.95. The summed E-state index contributed by atoms with van der Waals surface area (Å²) in [6.45, 7) is 4.04. The molecule has 26 heavy (non-hydrogen) atoms. The minimum Gasteiger partial charge on any atom is -0.486 e. The number of nitrogens with zero attached hydrogens (tertiary/aromatic N) is 2. The molecule has 0 atom stereocenters. The SMILES string of the molecule is O=C1C(=O)N(CN2CCC3(CC2)OCCO3)c2cc3c(cc21)OCCO3. The normalized spacial score (nSPS) is 24.4. The molecule has 4 heterocycles. The van der Waals surface area contributed by atoms with Crippen molar-refractivity contribution in [2.24, 2.45) is 0 Å². The minimum atomic E-state index is -0.504. The highest BCUT2D eigenvalue weighted by Gasteiger charge is 2.42. The molecular weight excluding hydrogens is 340 g/mol. The van der Waals surface area contributed by atoms with E-state index in [0.717, 1.165) is 25.9 Å². The summed E-state index contributed by atoms with van der Waals surface area (Å²) >= 11 is 0. The van der Waals surface area contributed by atoms with Crippen molar-refractivity contribution in [3.05, 3.63) is 17.7 Å². The van der Waals surface area contributed by atoms with Gasteiger partial charge >= 0.3 is 5.91 Å². The molecule has 1 amide bonds. The topological polar surface area (TPSA) is 77.5 Å². The number of rotatable bonds is 2. The van der Waals surface area contributed by atoms with Gasteiger partial charge in [-0.2, -0.15) is 0 Å². The molecule has 0 saturated carbocycles. The van der Waals surface area contributed by atoms with E-state index in [4.69, 9.17) is 18.9 Å². The number of ether oxygens (including phenoxy) is 4. The van der Waals surface area contributed by atoms with Crippen LogP contribution < -0.4 is 14.4 Å². The third-order valence-corrected chi connectivity index (χ3v) is 5.41. The molecule has 0 bridgehead atoms. The molecule has 8 nitrogen and oxygen atoms in total. The first-order valence-corrected chi connectivity index (χ1v) is 8.95. The van der Waals surface area contributed by atoms with Crippen LogP contribution in [0.2, 0.25) is 0 Å². The van der Waals surface area contributed by atoms with Gasteiger partial charge in [-0.1, -0.05) is 0 Å². The zero-order valence-electron chi connectivity index (χ0n) is 14.4. The number of carbonyl (C=O) groups excluding carboxylic acids is 2. The maximum absolute atomic E-state index is 12.5. The third kappa shape index (κ3) is 2.48. The molecular formula is C18H20N2O6. The maximum Gasteiger partial charge on any atom is 0.300 e. The van der Waals surface area contributed by atoms with Gasteiger partial charge in [-0.25, -0.2) is 0 Å². The standard InChI is InChI=1S/C18H20N2O6/c21-16-12-9-14-15(24-6-5-23-14)10-13(12)20(17(16)22)11-19-3-1-18(2-4-19)25-7-8-26-18/h9-10H,1-8,11H2. The molecule has 4 aliphatic rings. The highest BCUT2D eigenvalue weighted by molar-refractivity contribution is 6.52. The van der Waals surface area contributed by atoms with Crippen molar-refractivity contribution in [3.63, 3.8) is 0 Å². The van der Waals surface area contributed by atoms with Crippen molar-refractivity contribution in [1.29, 1.82) is 0 Å². The van der Waals surface area contributed by atoms with Gasteiger partial charge in [0.1, 0.15) is 13.2 Å². The Morgan fingerprint density at radius 1 is 0.923 bits per heavy atom. The lowest BCUT2D eigenvalue weighted by Gasteiger charge is -2.38. The van der Waals surface area contributed by atoms with E-state index >= 15 is 0 Å². The van der Waals surface area contributed by atoms with E-state index in [1.165, 1.54) is 4.90 Å². The Hall–Kier alpha value is -2.16. The zero-order chi connectivity index (χ0) is 17.7. The van der Waals surface area contributed by atoms with Crippen LogP contribution in [0.3, 0.4) is 0 Å². The number of benzene rings is 1. The van der Waals surface area contributed by atoms with Crippen LogP contribution in [0, 0.1) is 0 Å². The molecule has 0 aromatic heterocycles. The van der Waals surface area contributed by atoms with E-state index in [9.17, 15) is 9.59 Å². The lowest BCUT2D eigenvalue weighted by Crippen LogP contribution is -2.49. The Morgan fingerprint density at radius 3 is 2.27 bits per heavy atom. The predicted octanol–water partition coefficient (Wildman–Crippen LogP) is 0.784. The number of likely N-dealkylation sites (tertiary alicyclic amines) is 1. The van der Waals surface area contributed by atoms with Crippen LogP contribution in [0.1, 0.15) is 23.2 Å². The van der Waals surface area contributed by atoms with Crippen LogP contribution in [-0.2, 0) is 14.3 Å². The fraction of sp³-hybridized carbons (Fsp3) is 0.556. The second kappa shape index (κ2) is 5.94. The molecule has 0 unspecified atom stereocenters. The van der Waals surface area contributed by atoms with Crippen molar-refractivity contribution in [2.75, 3.05) is 51.1 Å². The molecule has 0 radical (unpaired) electrons. The summed E-state index contributed by atoms with van der Waals surface area (Å²) in [6.07, 6.45) is 1.52. The minimum absolute atomic E-state index is 0.368. The van der Waals surface area contributed by atoms with E-state index in [1.54, 1.807) is 12.1 Å². The molecule has 1 aromatic rings. The van der Waals surface area contributed by atoms with Crippen LogP contribution in [0.5, 0.6) is 11.5 Å². The summed E-state index contributed by atoms with van der Waals surface area (Å²) in [4.78, 5) is 28.6. The van der Waals surface area contributed by atoms with Gasteiger partial charge in [0, 0.05) is 32.0 Å². The van der Waals surface area contributed by atoms with Crippen LogP contribution in [0.4, 0.5) is 5.69 Å². The van der Waals surface area contributed by atoms with E-state index in [-0.39, 0.29) is 0 Å². The molecule has 0 aliphatic carbocycles. The fourth-order valence-corrected chi connectivity index (χ4v) is 3.99. The third-order valence-electron chi connectivity index (χ3n) is 5.41. The van der Waals surface area contributed by atoms with Gasteiger partial charge in [-0.05, 0) is 6.07 Å². The molecule has 2 saturated heterocycles. The summed E-state index contributed by atoms with van der Waals surface area (Å²) in [5.74, 6) is -0.353. The Kier molecular flexibility index (Phi) is 3.66. The van der Waals surface area contributed by atoms with Gasteiger partial charge in [0.05, 0.1) is 31.1 Å². The number of hydrogen-bond acceptors (Lipinski definition) is 7. The Bertz CT molecular complexity index is 763. The van der Waals surface area contributed by atoms with Crippen molar-refractivity contribution in [2.45, 2.75) is 18.6 Å². The van der Waals surface area contributed by atoms with Gasteiger partial charge in [-0.15, -0.1) is 0 Å². The van der Waals surface area contributed by atoms with Gasteiger partial charge < -0.3 is 18.9 Å². The predicted molar refractivity (Wildman–Crippen MR) is 89.6 cm³/mol. The summed E-state index contributed by atoms with van der Waals surface area (Å²) in [5.41, 5.74) is 0.980. The molecule has 2 fully saturated rings. The van der Waals surface area contributed by atoms with Gasteiger partial charge in [0.15, 0.2) is 17.3 Å². The first-order chi connectivity index (χ1) is 12.7. The maximum atomic E-state index is 12.5. The summed E-state index contributed by atoms with van der Waals surface area (Å²) in [7, 11) is 0. The van der Waals surface area contributed by atoms with Crippen LogP contribution >= 0.6 is 0 Å². The second-order valence-corrected chi connectivity index (χ2v) is 6.94. The van der Waals surface area contributed by atoms with Gasteiger partial charge in [0.25, 0.3) is 5.78 Å². The molecule has 5 rings (SSSR count). The van der Waals surface area contributed by atoms with Crippen LogP contribution in [-0.4, -0.2) is 68.6 Å². The smallest absolute Gasteiger partial charge is 0.300 e. The van der Waals surface area contributed by atoms with Crippen molar-refractivity contribution >= 4 is 17.4 Å². The molecule has 4 aliphatic heterocycles. The first kappa shape index (κ1) is 16.0. The lowest BCUT2D eigenvalue weighted by atomic mass is 10.0.